The molecule has 3 aromatic rings. The number of anilines is 2. The van der Waals surface area contributed by atoms with Crippen LogP contribution >= 0.6 is 22.6 Å². The lowest BCUT2D eigenvalue weighted by atomic mass is 10.1. The van der Waals surface area contributed by atoms with Gasteiger partial charge in [-0.2, -0.15) is 0 Å². The highest BCUT2D eigenvalue weighted by molar-refractivity contribution is 14.1. The Morgan fingerprint density at radius 1 is 1.18 bits per heavy atom. The van der Waals surface area contributed by atoms with Crippen LogP contribution in [0.5, 0.6) is 11.5 Å². The molecule has 2 aromatic carbocycles. The lowest BCUT2D eigenvalue weighted by molar-refractivity contribution is 0.0800. The lowest BCUT2D eigenvalue weighted by Gasteiger charge is -2.20. The van der Waals surface area contributed by atoms with Crippen LogP contribution in [-0.2, 0) is 7.05 Å². The third-order valence-corrected chi connectivity index (χ3v) is 5.63. The molecular weight excluding hydrogens is 563 g/mol. The number of rotatable bonds is 8. The summed E-state index contributed by atoms with van der Waals surface area (Å²) >= 11 is 1.94. The van der Waals surface area contributed by atoms with Crippen molar-refractivity contribution in [3.8, 4) is 11.5 Å². The molecule has 34 heavy (non-hydrogen) atoms. The molecule has 0 aliphatic rings. The van der Waals surface area contributed by atoms with Gasteiger partial charge >= 0.3 is 0 Å². The van der Waals surface area contributed by atoms with E-state index < -0.39 is 35.8 Å². The van der Waals surface area contributed by atoms with Crippen molar-refractivity contribution in [3.05, 3.63) is 79.1 Å². The Labute approximate surface area is 207 Å². The van der Waals surface area contributed by atoms with Crippen LogP contribution in [0.25, 0.3) is 0 Å². The van der Waals surface area contributed by atoms with Gasteiger partial charge in [0.05, 0.1) is 18.4 Å². The molecule has 1 aromatic heterocycles. The number of aromatic nitrogens is 1. The number of halogens is 3. The lowest BCUT2D eigenvalue weighted by Crippen LogP contribution is -2.35. The van der Waals surface area contributed by atoms with Crippen molar-refractivity contribution >= 4 is 40.0 Å². The van der Waals surface area contributed by atoms with Crippen LogP contribution in [0.4, 0.5) is 20.3 Å². The van der Waals surface area contributed by atoms with Crippen molar-refractivity contribution in [2.24, 2.45) is 7.05 Å². The molecule has 1 unspecified atom stereocenters. The van der Waals surface area contributed by atoms with Crippen LogP contribution in [0.2, 0.25) is 0 Å². The van der Waals surface area contributed by atoms with Crippen molar-refractivity contribution in [1.82, 2.24) is 9.88 Å². The Morgan fingerprint density at radius 3 is 2.59 bits per heavy atom. The summed E-state index contributed by atoms with van der Waals surface area (Å²) in [5.74, 6) is -2.16. The molecule has 4 N–H and O–H groups in total. The summed E-state index contributed by atoms with van der Waals surface area (Å²) in [4.78, 5) is 25.8. The first-order valence-electron chi connectivity index (χ1n) is 10.1. The molecule has 0 aliphatic heterocycles. The highest BCUT2D eigenvalue weighted by Crippen LogP contribution is 2.33. The third kappa shape index (κ3) is 5.72. The van der Waals surface area contributed by atoms with Crippen LogP contribution < -0.4 is 20.9 Å². The number of carbonyl (C=O) groups is 1. The summed E-state index contributed by atoms with van der Waals surface area (Å²) < 4.78 is 36.1. The molecule has 8 nitrogen and oxygen atoms in total. The molecule has 0 radical (unpaired) electrons. The van der Waals surface area contributed by atoms with Gasteiger partial charge in [-0.25, -0.2) is 8.78 Å². The summed E-state index contributed by atoms with van der Waals surface area (Å²) in [6.45, 7) is 0.593. The Bertz CT molecular complexity index is 1280. The molecule has 3 rings (SSSR count). The maximum Gasteiger partial charge on any atom is 0.258 e. The van der Waals surface area contributed by atoms with E-state index in [1.54, 1.807) is 6.07 Å². The Balaban J connectivity index is 2.16. The van der Waals surface area contributed by atoms with Gasteiger partial charge in [-0.15, -0.1) is 0 Å². The molecule has 0 fully saturated rings. The zero-order chi connectivity index (χ0) is 25.0. The van der Waals surface area contributed by atoms with E-state index in [0.717, 1.165) is 10.6 Å². The zero-order valence-corrected chi connectivity index (χ0v) is 20.4. The highest BCUT2D eigenvalue weighted by Gasteiger charge is 2.24. The van der Waals surface area contributed by atoms with E-state index in [0.29, 0.717) is 3.57 Å². The van der Waals surface area contributed by atoms with Crippen LogP contribution in [0.15, 0.2) is 47.3 Å². The molecule has 11 heteroatoms. The summed E-state index contributed by atoms with van der Waals surface area (Å²) in [6.07, 6.45) is -1.23. The number of nitrogens with zero attached hydrogens (tertiary/aromatic N) is 1. The Hall–Kier alpha value is -3.03. The number of ether oxygens (including phenoxy) is 1. The van der Waals surface area contributed by atoms with E-state index in [-0.39, 0.29) is 40.7 Å². The maximum atomic E-state index is 14.6. The van der Waals surface area contributed by atoms with Crippen molar-refractivity contribution in [1.29, 1.82) is 0 Å². The first-order chi connectivity index (χ1) is 16.1. The second-order valence-corrected chi connectivity index (χ2v) is 8.64. The Kier molecular flexibility index (Phi) is 8.23. The highest BCUT2D eigenvalue weighted by atomic mass is 127. The first kappa shape index (κ1) is 25.6. The molecule has 0 spiro atoms. The van der Waals surface area contributed by atoms with Gasteiger partial charge in [0.25, 0.3) is 11.5 Å². The predicted octanol–water partition coefficient (Wildman–Crippen LogP) is 3.20. The molecule has 0 aliphatic carbocycles. The number of pyridine rings is 1. The normalized spacial score (nSPS) is 11.7. The SMILES string of the molecule is Cc1c(F)cccc1Oc1cc(=O)n(C)c(Nc2ccc(I)cc2F)c1C(=O)NCC(O)CO. The minimum absolute atomic E-state index is 0.000977. The summed E-state index contributed by atoms with van der Waals surface area (Å²) in [7, 11) is 1.38. The fourth-order valence-electron chi connectivity index (χ4n) is 3.02. The summed E-state index contributed by atoms with van der Waals surface area (Å²) in [6, 6.07) is 9.53. The van der Waals surface area contributed by atoms with Crippen LogP contribution in [0.3, 0.4) is 0 Å². The molecule has 1 heterocycles. The number of aliphatic hydroxyl groups excluding tert-OH is 2. The molecule has 0 saturated carbocycles. The fraction of sp³-hybridized carbons (Fsp3) is 0.217. The van der Waals surface area contributed by atoms with Crippen molar-refractivity contribution in [2.45, 2.75) is 13.0 Å². The monoisotopic (exact) mass is 585 g/mol. The van der Waals surface area contributed by atoms with E-state index in [9.17, 15) is 23.5 Å². The van der Waals surface area contributed by atoms with Crippen LogP contribution in [0, 0.1) is 22.1 Å². The zero-order valence-electron chi connectivity index (χ0n) is 18.2. The van der Waals surface area contributed by atoms with Gasteiger partial charge in [0.15, 0.2) is 0 Å². The minimum Gasteiger partial charge on any atom is -0.456 e. The smallest absolute Gasteiger partial charge is 0.258 e. The van der Waals surface area contributed by atoms with Gasteiger partial charge in [0.1, 0.15) is 34.5 Å². The van der Waals surface area contributed by atoms with Crippen LogP contribution in [0.1, 0.15) is 15.9 Å². The largest absolute Gasteiger partial charge is 0.456 e. The van der Waals surface area contributed by atoms with Gasteiger partial charge in [0, 0.05) is 28.8 Å². The molecule has 180 valence electrons. The molecule has 1 amide bonds. The number of hydrogen-bond acceptors (Lipinski definition) is 6. The average molecular weight is 585 g/mol. The Morgan fingerprint density at radius 2 is 1.91 bits per heavy atom. The van der Waals surface area contributed by atoms with E-state index in [4.69, 9.17) is 9.84 Å². The van der Waals surface area contributed by atoms with E-state index in [1.165, 1.54) is 44.3 Å². The van der Waals surface area contributed by atoms with Gasteiger partial charge in [0.2, 0.25) is 0 Å². The van der Waals surface area contributed by atoms with Gasteiger partial charge in [-0.05, 0) is 59.8 Å². The number of aliphatic hydroxyl groups is 2. The van der Waals surface area contributed by atoms with E-state index in [2.05, 4.69) is 10.6 Å². The second-order valence-electron chi connectivity index (χ2n) is 7.39. The third-order valence-electron chi connectivity index (χ3n) is 4.96. The fourth-order valence-corrected chi connectivity index (χ4v) is 3.47. The number of nitrogens with one attached hydrogen (secondary N) is 2. The first-order valence-corrected chi connectivity index (χ1v) is 11.2. The predicted molar refractivity (Wildman–Crippen MR) is 131 cm³/mol. The van der Waals surface area contributed by atoms with Crippen molar-refractivity contribution in [2.75, 3.05) is 18.5 Å². The van der Waals surface area contributed by atoms with Gasteiger partial charge < -0.3 is 25.6 Å². The van der Waals surface area contributed by atoms with E-state index >= 15 is 0 Å². The van der Waals surface area contributed by atoms with Gasteiger partial charge in [-0.3, -0.25) is 14.2 Å². The standard InChI is InChI=1S/C23H22F2IN3O5/c1-12-15(24)4-3-5-18(12)34-19-9-20(32)29(2)22(21(19)23(33)27-10-14(31)11-30)28-17-7-6-13(26)8-16(17)25/h3-9,14,28,30-31H,10-11H2,1-2H3,(H,27,33). The van der Waals surface area contributed by atoms with E-state index in [1.807, 2.05) is 22.6 Å². The van der Waals surface area contributed by atoms with Crippen molar-refractivity contribution < 1.29 is 28.5 Å². The van der Waals surface area contributed by atoms with Gasteiger partial charge in [-0.1, -0.05) is 6.07 Å². The molecule has 0 bridgehead atoms. The van der Waals surface area contributed by atoms with Crippen LogP contribution in [-0.4, -0.2) is 39.9 Å². The number of benzene rings is 2. The molecule has 1 atom stereocenters. The quantitative estimate of drug-likeness (QED) is 0.303. The summed E-state index contributed by atoms with van der Waals surface area (Å²) in [5.41, 5.74) is -0.611. The number of hydrogen-bond donors (Lipinski definition) is 4. The second kappa shape index (κ2) is 10.9. The minimum atomic E-state index is -1.23. The maximum absolute atomic E-state index is 14.6. The number of carbonyl (C=O) groups excluding carboxylic acids is 1. The molecule has 0 saturated heterocycles. The topological polar surface area (TPSA) is 113 Å². The number of amides is 1. The average Bonchev–Trinajstić information content (AvgIpc) is 2.80. The van der Waals surface area contributed by atoms with Crippen molar-refractivity contribution in [3.63, 3.8) is 0 Å². The molecular formula is C23H22F2IN3O5. The summed E-state index contributed by atoms with van der Waals surface area (Å²) in [5, 5.41) is 23.9.